The number of rotatable bonds is 3. The Morgan fingerprint density at radius 1 is 1.42 bits per heavy atom. The Bertz CT molecular complexity index is 434. The summed E-state index contributed by atoms with van der Waals surface area (Å²) in [6.07, 6.45) is 2.19. The predicted octanol–water partition coefficient (Wildman–Crippen LogP) is 4.06. The summed E-state index contributed by atoms with van der Waals surface area (Å²) in [5.41, 5.74) is 1.23. The molecule has 106 valence electrons. The molecule has 1 saturated heterocycles. The summed E-state index contributed by atoms with van der Waals surface area (Å²) < 4.78 is 20.0. The molecular formula is C15H21BrFNO. The fraction of sp³-hybridized carbons (Fsp3) is 0.600. The molecule has 1 N–H and O–H groups in total. The lowest BCUT2D eigenvalue weighted by Gasteiger charge is -2.29. The van der Waals surface area contributed by atoms with Crippen LogP contribution in [0.3, 0.4) is 0 Å². The maximum atomic E-state index is 13.1. The zero-order valence-corrected chi connectivity index (χ0v) is 13.1. The van der Waals surface area contributed by atoms with Crippen molar-refractivity contribution in [3.63, 3.8) is 0 Å². The highest BCUT2D eigenvalue weighted by Crippen LogP contribution is 2.33. The fourth-order valence-electron chi connectivity index (χ4n) is 2.52. The Hall–Kier alpha value is -0.450. The minimum atomic E-state index is -0.228. The topological polar surface area (TPSA) is 21.3 Å². The van der Waals surface area contributed by atoms with Crippen molar-refractivity contribution in [1.82, 2.24) is 5.32 Å². The van der Waals surface area contributed by atoms with Crippen LogP contribution in [-0.4, -0.2) is 19.7 Å². The first kappa shape index (κ1) is 14.9. The van der Waals surface area contributed by atoms with E-state index in [1.807, 2.05) is 0 Å². The van der Waals surface area contributed by atoms with E-state index in [1.165, 1.54) is 12.1 Å². The van der Waals surface area contributed by atoms with E-state index >= 15 is 0 Å². The molecule has 0 aliphatic carbocycles. The summed E-state index contributed by atoms with van der Waals surface area (Å²) in [7, 11) is 0. The third-order valence-corrected chi connectivity index (χ3v) is 4.92. The van der Waals surface area contributed by atoms with Crippen molar-refractivity contribution in [3.05, 3.63) is 34.1 Å². The average molecular weight is 330 g/mol. The molecule has 0 bridgehead atoms. The number of benzene rings is 1. The first-order valence-electron chi connectivity index (χ1n) is 6.87. The van der Waals surface area contributed by atoms with Crippen LogP contribution in [0, 0.1) is 11.2 Å². The zero-order chi connectivity index (χ0) is 13.9. The van der Waals surface area contributed by atoms with E-state index < -0.39 is 0 Å². The molecule has 2 nitrogen and oxygen atoms in total. The molecule has 0 amide bonds. The van der Waals surface area contributed by atoms with E-state index in [1.54, 1.807) is 6.07 Å². The Kier molecular flexibility index (Phi) is 4.98. The van der Waals surface area contributed by atoms with Gasteiger partial charge in [-0.05, 0) is 30.5 Å². The van der Waals surface area contributed by atoms with Crippen molar-refractivity contribution >= 4 is 15.9 Å². The zero-order valence-electron chi connectivity index (χ0n) is 11.5. The normalized spacial score (nSPS) is 23.1. The highest BCUT2D eigenvalue weighted by molar-refractivity contribution is 9.10. The van der Waals surface area contributed by atoms with E-state index in [9.17, 15) is 4.39 Å². The van der Waals surface area contributed by atoms with E-state index in [0.29, 0.717) is 0 Å². The Labute approximate surface area is 122 Å². The van der Waals surface area contributed by atoms with Crippen molar-refractivity contribution in [3.8, 4) is 0 Å². The molecule has 2 rings (SSSR count). The van der Waals surface area contributed by atoms with E-state index in [0.717, 1.165) is 42.6 Å². The van der Waals surface area contributed by atoms with E-state index in [4.69, 9.17) is 4.74 Å². The molecule has 1 aromatic rings. The Morgan fingerprint density at radius 3 is 2.79 bits per heavy atom. The minimum Gasteiger partial charge on any atom is -0.372 e. The van der Waals surface area contributed by atoms with Crippen LogP contribution in [0.2, 0.25) is 0 Å². The molecule has 19 heavy (non-hydrogen) atoms. The molecule has 0 saturated carbocycles. The summed E-state index contributed by atoms with van der Waals surface area (Å²) in [5.74, 6) is -0.228. The van der Waals surface area contributed by atoms with Crippen molar-refractivity contribution in [1.29, 1.82) is 0 Å². The molecule has 1 aliphatic rings. The molecule has 1 atom stereocenters. The van der Waals surface area contributed by atoms with Crippen LogP contribution in [0.5, 0.6) is 0 Å². The number of nitrogens with one attached hydrogen (secondary N) is 1. The van der Waals surface area contributed by atoms with Crippen molar-refractivity contribution < 1.29 is 9.13 Å². The smallest absolute Gasteiger partial charge is 0.124 e. The third kappa shape index (κ3) is 3.36. The van der Waals surface area contributed by atoms with E-state index in [2.05, 4.69) is 35.1 Å². The van der Waals surface area contributed by atoms with Crippen LogP contribution in [0.25, 0.3) is 0 Å². The van der Waals surface area contributed by atoms with Crippen LogP contribution in [0.4, 0.5) is 4.39 Å². The minimum absolute atomic E-state index is 0.0186. The van der Waals surface area contributed by atoms with Gasteiger partial charge in [0, 0.05) is 23.0 Å². The number of hydrogen-bond donors (Lipinski definition) is 1. The molecule has 0 radical (unpaired) electrons. The molecule has 0 spiro atoms. The number of ether oxygens (including phenoxy) is 1. The van der Waals surface area contributed by atoms with Crippen molar-refractivity contribution in [2.75, 3.05) is 19.7 Å². The quantitative estimate of drug-likeness (QED) is 0.903. The summed E-state index contributed by atoms with van der Waals surface area (Å²) >= 11 is 3.42. The number of hydrogen-bond acceptors (Lipinski definition) is 2. The van der Waals surface area contributed by atoms with Crippen LogP contribution in [-0.2, 0) is 4.74 Å². The van der Waals surface area contributed by atoms with Gasteiger partial charge in [-0.2, -0.15) is 0 Å². The molecule has 1 aromatic carbocycles. The lowest BCUT2D eigenvalue weighted by molar-refractivity contribution is 0.00993. The SMILES string of the molecule is CCC1(CC)CNCC(c2ccc(F)cc2Br)OC1. The van der Waals surface area contributed by atoms with Gasteiger partial charge in [0.15, 0.2) is 0 Å². The number of halogens is 2. The maximum Gasteiger partial charge on any atom is 0.124 e. The van der Waals surface area contributed by atoms with Crippen LogP contribution in [0.15, 0.2) is 22.7 Å². The molecular weight excluding hydrogens is 309 g/mol. The monoisotopic (exact) mass is 329 g/mol. The van der Waals surface area contributed by atoms with Crippen molar-refractivity contribution in [2.24, 2.45) is 5.41 Å². The second-order valence-corrected chi connectivity index (χ2v) is 6.16. The van der Waals surface area contributed by atoms with Gasteiger partial charge in [-0.3, -0.25) is 0 Å². The molecule has 4 heteroatoms. The molecule has 1 unspecified atom stereocenters. The Balaban J connectivity index is 2.15. The van der Waals surface area contributed by atoms with Gasteiger partial charge in [0.1, 0.15) is 5.82 Å². The van der Waals surface area contributed by atoms with Gasteiger partial charge in [-0.1, -0.05) is 35.8 Å². The molecule has 1 aliphatic heterocycles. The standard InChI is InChI=1S/C15H21BrFNO/c1-3-15(4-2)9-18-8-14(19-10-15)12-6-5-11(17)7-13(12)16/h5-7,14,18H,3-4,8-10H2,1-2H3. The second kappa shape index (κ2) is 6.33. The predicted molar refractivity (Wildman–Crippen MR) is 78.7 cm³/mol. The summed E-state index contributed by atoms with van der Waals surface area (Å²) in [5, 5.41) is 3.49. The van der Waals surface area contributed by atoms with Gasteiger partial charge in [-0.15, -0.1) is 0 Å². The van der Waals surface area contributed by atoms with E-state index in [-0.39, 0.29) is 17.3 Å². The molecule has 0 aromatic heterocycles. The lowest BCUT2D eigenvalue weighted by atomic mass is 9.83. The average Bonchev–Trinajstić information content (AvgIpc) is 2.62. The van der Waals surface area contributed by atoms with Crippen molar-refractivity contribution in [2.45, 2.75) is 32.8 Å². The largest absolute Gasteiger partial charge is 0.372 e. The summed E-state index contributed by atoms with van der Waals surface area (Å²) in [6, 6.07) is 4.79. The van der Waals surface area contributed by atoms with Gasteiger partial charge in [0.25, 0.3) is 0 Å². The van der Waals surface area contributed by atoms with Crippen LogP contribution >= 0.6 is 15.9 Å². The van der Waals surface area contributed by atoms with Gasteiger partial charge in [0.05, 0.1) is 12.7 Å². The van der Waals surface area contributed by atoms with Gasteiger partial charge in [0.2, 0.25) is 0 Å². The highest BCUT2D eigenvalue weighted by Gasteiger charge is 2.31. The Morgan fingerprint density at radius 2 is 2.16 bits per heavy atom. The molecule has 1 heterocycles. The van der Waals surface area contributed by atoms with Gasteiger partial charge >= 0.3 is 0 Å². The second-order valence-electron chi connectivity index (χ2n) is 5.30. The van der Waals surface area contributed by atoms with Gasteiger partial charge in [-0.25, -0.2) is 4.39 Å². The summed E-state index contributed by atoms with van der Waals surface area (Å²) in [6.45, 7) is 6.92. The van der Waals surface area contributed by atoms with Gasteiger partial charge < -0.3 is 10.1 Å². The third-order valence-electron chi connectivity index (χ3n) is 4.23. The molecule has 1 fully saturated rings. The fourth-order valence-corrected chi connectivity index (χ4v) is 3.13. The lowest BCUT2D eigenvalue weighted by Crippen LogP contribution is -2.34. The first-order chi connectivity index (χ1) is 9.10. The maximum absolute atomic E-state index is 13.1. The summed E-state index contributed by atoms with van der Waals surface area (Å²) in [4.78, 5) is 0. The van der Waals surface area contributed by atoms with Crippen LogP contribution in [0.1, 0.15) is 38.4 Å². The first-order valence-corrected chi connectivity index (χ1v) is 7.67. The highest BCUT2D eigenvalue weighted by atomic mass is 79.9. The van der Waals surface area contributed by atoms with Crippen LogP contribution < -0.4 is 5.32 Å².